The van der Waals surface area contributed by atoms with Gasteiger partial charge in [-0.05, 0) is 81.5 Å². The smallest absolute Gasteiger partial charge is 0.408 e. The number of carbonyl (C=O) groups is 5. The number of carbonyl (C=O) groups excluding carboxylic acids is 5. The minimum atomic E-state index is -1.07. The SMILES string of the molecule is CC(C)(C)OC(=O)N[C@H](C(=O)N1C[C@]2(CC1C(=O)NC(CC1CCC1)C(=O)C(N)=O)C[C@H]2C1CC1)C(C)(C)C. The Morgan fingerprint density at radius 3 is 2.10 bits per heavy atom. The molecular weight excluding hydrogens is 500 g/mol. The Bertz CT molecular complexity index is 1020. The molecule has 1 saturated heterocycles. The number of likely N-dealkylation sites (tertiary alicyclic amines) is 1. The highest BCUT2D eigenvalue weighted by Gasteiger charge is 2.66. The summed E-state index contributed by atoms with van der Waals surface area (Å²) >= 11 is 0. The number of Topliss-reactive ketones (excluding diaryl/α,β-unsaturated/α-hetero) is 1. The van der Waals surface area contributed by atoms with Gasteiger partial charge in [0.15, 0.2) is 0 Å². The van der Waals surface area contributed by atoms with Crippen LogP contribution in [0.1, 0.15) is 92.9 Å². The van der Waals surface area contributed by atoms with Gasteiger partial charge in [-0.2, -0.15) is 0 Å². The van der Waals surface area contributed by atoms with Crippen LogP contribution in [-0.4, -0.2) is 64.8 Å². The zero-order chi connectivity index (χ0) is 28.9. The third-order valence-electron chi connectivity index (χ3n) is 8.93. The maximum absolute atomic E-state index is 14.1. The standard InChI is InChI=1S/C29H46N4O6/c1-27(2,3)22(32-26(38)39-28(4,5)6)25(37)33-15-29(13-18(29)17-10-11-17)14-20(33)24(36)31-19(21(34)23(30)35)12-16-8-7-9-16/h16-20,22H,7-15H2,1-6H3,(H2,30,35)(H,31,36)(H,32,38)/t18-,19?,20?,22+,29+/m0/s1. The Morgan fingerprint density at radius 1 is 0.974 bits per heavy atom. The van der Waals surface area contributed by atoms with Crippen molar-refractivity contribution in [3.8, 4) is 0 Å². The molecule has 5 atom stereocenters. The molecule has 4 rings (SSSR count). The molecule has 4 fully saturated rings. The minimum Gasteiger partial charge on any atom is -0.444 e. The predicted octanol–water partition coefficient (Wildman–Crippen LogP) is 2.67. The summed E-state index contributed by atoms with van der Waals surface area (Å²) in [5, 5.41) is 5.56. The van der Waals surface area contributed by atoms with Crippen LogP contribution < -0.4 is 16.4 Å². The molecule has 4 aliphatic rings. The molecule has 0 aromatic rings. The van der Waals surface area contributed by atoms with Crippen LogP contribution in [0.5, 0.6) is 0 Å². The van der Waals surface area contributed by atoms with Crippen LogP contribution in [0.2, 0.25) is 0 Å². The number of alkyl carbamates (subject to hydrolysis) is 1. The van der Waals surface area contributed by atoms with Crippen LogP contribution >= 0.6 is 0 Å². The second-order valence-corrected chi connectivity index (χ2v) is 14.5. The van der Waals surface area contributed by atoms with Crippen molar-refractivity contribution in [3.05, 3.63) is 0 Å². The van der Waals surface area contributed by atoms with Crippen molar-refractivity contribution >= 4 is 29.6 Å². The normalized spacial score (nSPS) is 28.3. The Hall–Kier alpha value is -2.65. The van der Waals surface area contributed by atoms with Gasteiger partial charge in [0.1, 0.15) is 17.7 Å². The van der Waals surface area contributed by atoms with Gasteiger partial charge in [0.2, 0.25) is 17.6 Å². The van der Waals surface area contributed by atoms with Crippen molar-refractivity contribution in [1.82, 2.24) is 15.5 Å². The molecule has 1 heterocycles. The molecule has 4 N–H and O–H groups in total. The summed E-state index contributed by atoms with van der Waals surface area (Å²) in [6.07, 6.45) is 6.47. The summed E-state index contributed by atoms with van der Waals surface area (Å²) in [6.45, 7) is 11.3. The van der Waals surface area contributed by atoms with E-state index in [9.17, 15) is 24.0 Å². The van der Waals surface area contributed by atoms with E-state index in [0.717, 1.165) is 25.7 Å². The predicted molar refractivity (Wildman–Crippen MR) is 144 cm³/mol. The first-order valence-corrected chi connectivity index (χ1v) is 14.4. The number of primary amides is 1. The van der Waals surface area contributed by atoms with Gasteiger partial charge >= 0.3 is 6.09 Å². The van der Waals surface area contributed by atoms with Gasteiger partial charge in [-0.25, -0.2) is 4.79 Å². The van der Waals surface area contributed by atoms with Crippen molar-refractivity contribution in [3.63, 3.8) is 0 Å². The number of hydrogen-bond donors (Lipinski definition) is 3. The molecule has 3 saturated carbocycles. The topological polar surface area (TPSA) is 148 Å². The molecule has 3 aliphatic carbocycles. The molecule has 1 spiro atoms. The lowest BCUT2D eigenvalue weighted by atomic mass is 9.80. The monoisotopic (exact) mass is 546 g/mol. The van der Waals surface area contributed by atoms with E-state index in [2.05, 4.69) is 10.6 Å². The zero-order valence-electron chi connectivity index (χ0n) is 24.3. The van der Waals surface area contributed by atoms with Gasteiger partial charge in [0.05, 0.1) is 6.04 Å². The van der Waals surface area contributed by atoms with Gasteiger partial charge in [-0.3, -0.25) is 19.2 Å². The fraction of sp³-hybridized carbons (Fsp3) is 0.828. The first-order chi connectivity index (χ1) is 18.0. The molecule has 10 nitrogen and oxygen atoms in total. The summed E-state index contributed by atoms with van der Waals surface area (Å²) in [5.41, 5.74) is 3.80. The molecule has 1 aliphatic heterocycles. The second-order valence-electron chi connectivity index (χ2n) is 14.5. The number of nitrogens with one attached hydrogen (secondary N) is 2. The number of nitrogens with two attached hydrogens (primary N) is 1. The summed E-state index contributed by atoms with van der Waals surface area (Å²) in [4.78, 5) is 66.5. The lowest BCUT2D eigenvalue weighted by molar-refractivity contribution is -0.143. The van der Waals surface area contributed by atoms with Crippen molar-refractivity contribution in [1.29, 1.82) is 0 Å². The second kappa shape index (κ2) is 10.4. The van der Waals surface area contributed by atoms with E-state index < -0.39 is 52.8 Å². The lowest BCUT2D eigenvalue weighted by Crippen LogP contribution is -2.59. The van der Waals surface area contributed by atoms with E-state index in [-0.39, 0.29) is 17.2 Å². The minimum absolute atomic E-state index is 0.121. The van der Waals surface area contributed by atoms with Gasteiger partial charge in [-0.1, -0.05) is 40.0 Å². The molecule has 2 unspecified atom stereocenters. The van der Waals surface area contributed by atoms with E-state index in [1.807, 2.05) is 20.8 Å². The average molecular weight is 547 g/mol. The summed E-state index contributed by atoms with van der Waals surface area (Å²) in [7, 11) is 0. The number of rotatable bonds is 9. The Kier molecular flexibility index (Phi) is 7.82. The molecule has 0 radical (unpaired) electrons. The van der Waals surface area contributed by atoms with Crippen molar-refractivity contribution in [2.75, 3.05) is 6.54 Å². The fourth-order valence-electron chi connectivity index (χ4n) is 6.41. The van der Waals surface area contributed by atoms with Crippen molar-refractivity contribution in [2.45, 2.75) is 117 Å². The summed E-state index contributed by atoms with van der Waals surface area (Å²) in [5.74, 6) is -1.27. The maximum Gasteiger partial charge on any atom is 0.408 e. The van der Waals surface area contributed by atoms with Crippen molar-refractivity contribution < 1.29 is 28.7 Å². The molecule has 4 amide bonds. The molecule has 10 heteroatoms. The maximum atomic E-state index is 14.1. The molecule has 39 heavy (non-hydrogen) atoms. The third kappa shape index (κ3) is 6.74. The van der Waals surface area contributed by atoms with Gasteiger partial charge < -0.3 is 26.0 Å². The first kappa shape index (κ1) is 29.3. The highest BCUT2D eigenvalue weighted by molar-refractivity contribution is 6.37. The van der Waals surface area contributed by atoms with Crippen LogP contribution in [0.4, 0.5) is 4.79 Å². The van der Waals surface area contributed by atoms with Crippen molar-refractivity contribution in [2.24, 2.45) is 34.3 Å². The molecule has 0 bridgehead atoms. The van der Waals surface area contributed by atoms with E-state index in [4.69, 9.17) is 10.5 Å². The number of nitrogens with zero attached hydrogens (tertiary/aromatic N) is 1. The van der Waals surface area contributed by atoms with Crippen LogP contribution in [-0.2, 0) is 23.9 Å². The molecule has 0 aromatic heterocycles. The van der Waals surface area contributed by atoms with E-state index in [0.29, 0.717) is 31.2 Å². The quantitative estimate of drug-likeness (QED) is 0.379. The van der Waals surface area contributed by atoms with Crippen LogP contribution in [0.15, 0.2) is 0 Å². The summed E-state index contributed by atoms with van der Waals surface area (Å²) < 4.78 is 5.43. The highest BCUT2D eigenvalue weighted by Crippen LogP contribution is 2.67. The fourth-order valence-corrected chi connectivity index (χ4v) is 6.41. The first-order valence-electron chi connectivity index (χ1n) is 14.4. The molecular formula is C29H46N4O6. The third-order valence-corrected chi connectivity index (χ3v) is 8.93. The van der Waals surface area contributed by atoms with E-state index in [1.54, 1.807) is 25.7 Å². The number of ketones is 1. The zero-order valence-corrected chi connectivity index (χ0v) is 24.3. The molecule has 218 valence electrons. The Balaban J connectivity index is 1.56. The van der Waals surface area contributed by atoms with Gasteiger partial charge in [0, 0.05) is 6.54 Å². The van der Waals surface area contributed by atoms with Crippen LogP contribution in [0.3, 0.4) is 0 Å². The highest BCUT2D eigenvalue weighted by atomic mass is 16.6. The largest absolute Gasteiger partial charge is 0.444 e. The number of hydrogen-bond acceptors (Lipinski definition) is 6. The number of ether oxygens (including phenoxy) is 1. The number of amides is 4. The van der Waals surface area contributed by atoms with Crippen LogP contribution in [0, 0.1) is 28.6 Å². The van der Waals surface area contributed by atoms with Gasteiger partial charge in [-0.15, -0.1) is 0 Å². The Morgan fingerprint density at radius 2 is 1.62 bits per heavy atom. The van der Waals surface area contributed by atoms with Crippen LogP contribution in [0.25, 0.3) is 0 Å². The molecule has 0 aromatic carbocycles. The summed E-state index contributed by atoms with van der Waals surface area (Å²) in [6, 6.07) is -2.71. The van der Waals surface area contributed by atoms with E-state index in [1.165, 1.54) is 12.8 Å². The Labute approximate surface area is 231 Å². The van der Waals surface area contributed by atoms with E-state index >= 15 is 0 Å². The average Bonchev–Trinajstić information content (AvgIpc) is 3.67. The van der Waals surface area contributed by atoms with Gasteiger partial charge in [0.25, 0.3) is 5.91 Å². The lowest BCUT2D eigenvalue weighted by Gasteiger charge is -2.36.